The number of hydrogen-bond acceptors (Lipinski definition) is 14. The number of likely N-dealkylation sites (tertiary alicyclic amines) is 1. The van der Waals surface area contributed by atoms with Gasteiger partial charge < -0.3 is 35.4 Å². The monoisotopic (exact) mass is 711 g/mol. The number of quaternary nitrogens is 1. The number of hydrogen-bond donors (Lipinski definition) is 3. The molecule has 19 heteroatoms. The number of aliphatic imine (C=N–C) groups is 1. The molecule has 0 aliphatic carbocycles. The standard InChI is InChI=1S/C27H37N7O8S2.C2H4O2/c1-27(2)20(25(36)33(27)42-44(37,38)39)16-22(35)23(21-17-43-26(29)31-21)32-41-15-14-40-19-8-6-18(7-9-19)24(28)30-10-13-34(3)11-4-5-12-34;1-2(3)4/h6-9,17,20H,4-5,10-16H2,1-3H3,(H4-,28,29,30,31,37,38,39);1H3,(H,3,4)/b32-23-;/t20-;/m1./s1. The first-order chi connectivity index (χ1) is 22.4. The average molecular weight is 712 g/mol. The van der Waals surface area contributed by atoms with Crippen LogP contribution in [0.5, 0.6) is 5.75 Å². The van der Waals surface area contributed by atoms with Crippen LogP contribution in [0.25, 0.3) is 0 Å². The Morgan fingerprint density at radius 2 is 1.83 bits per heavy atom. The lowest BCUT2D eigenvalue weighted by atomic mass is 9.74. The molecule has 0 bridgehead atoms. The van der Waals surface area contributed by atoms with Gasteiger partial charge in [0, 0.05) is 36.2 Å². The number of carboxylic acid groups (broad SMARTS) is 1. The Morgan fingerprint density at radius 3 is 2.38 bits per heavy atom. The minimum atomic E-state index is -4.92. The summed E-state index contributed by atoms with van der Waals surface area (Å²) in [5.41, 5.74) is 11.5. The number of aliphatic carboxylic acids is 1. The molecule has 4 rings (SSSR count). The minimum absolute atomic E-state index is 0.0113. The number of oxime groups is 1. The van der Waals surface area contributed by atoms with Gasteiger partial charge in [-0.25, -0.2) is 4.98 Å². The summed E-state index contributed by atoms with van der Waals surface area (Å²) in [5, 5.41) is 15.1. The van der Waals surface area contributed by atoms with Crippen LogP contribution in [-0.4, -0.2) is 109 Å². The number of ether oxygens (including phenoxy) is 1. The summed E-state index contributed by atoms with van der Waals surface area (Å²) in [6.45, 7) is 8.07. The molecule has 17 nitrogen and oxygen atoms in total. The second-order valence-corrected chi connectivity index (χ2v) is 13.8. The van der Waals surface area contributed by atoms with Crippen LogP contribution < -0.4 is 21.3 Å². The Bertz CT molecular complexity index is 1610. The molecule has 1 aromatic heterocycles. The van der Waals surface area contributed by atoms with Gasteiger partial charge in [0.1, 0.15) is 23.9 Å². The van der Waals surface area contributed by atoms with Gasteiger partial charge in [0.05, 0.1) is 44.7 Å². The van der Waals surface area contributed by atoms with Crippen molar-refractivity contribution in [3.05, 3.63) is 40.9 Å². The van der Waals surface area contributed by atoms with Crippen molar-refractivity contribution < 1.29 is 50.8 Å². The van der Waals surface area contributed by atoms with E-state index in [0.717, 1.165) is 34.9 Å². The lowest BCUT2D eigenvalue weighted by Crippen LogP contribution is -2.68. The lowest BCUT2D eigenvalue weighted by Gasteiger charge is -2.50. The fourth-order valence-electron chi connectivity index (χ4n) is 5.14. The number of nitrogens with two attached hydrogens (primary N) is 2. The third-order valence-electron chi connectivity index (χ3n) is 7.78. The topological polar surface area (TPSA) is 249 Å². The van der Waals surface area contributed by atoms with Crippen LogP contribution in [0.1, 0.15) is 51.3 Å². The van der Waals surface area contributed by atoms with Crippen molar-refractivity contribution in [3.63, 3.8) is 0 Å². The number of hydroxylamine groups is 2. The third-order valence-corrected chi connectivity index (χ3v) is 8.79. The Kier molecular flexibility index (Phi) is 13.0. The number of anilines is 1. The molecule has 3 heterocycles. The number of nitrogen functional groups attached to an aromatic ring is 1. The third kappa shape index (κ3) is 10.9. The number of likely N-dealkylation sites (N-methyl/N-ethyl adjacent to an activating group) is 1. The molecule has 1 amide bonds. The number of carbonyl (C=O) groups excluding carboxylic acids is 3. The van der Waals surface area contributed by atoms with Crippen LogP contribution in [0.2, 0.25) is 0 Å². The molecule has 2 fully saturated rings. The molecular formula is C29H41N7O10S2. The van der Waals surface area contributed by atoms with Gasteiger partial charge in [-0.3, -0.25) is 19.1 Å². The number of thiazole rings is 1. The van der Waals surface area contributed by atoms with Crippen LogP contribution in [-0.2, 0) is 33.9 Å². The van der Waals surface area contributed by atoms with Crippen LogP contribution in [0.3, 0.4) is 0 Å². The number of ketones is 1. The smallest absolute Gasteiger partial charge is 0.418 e. The molecule has 2 aliphatic rings. The molecule has 1 aromatic carbocycles. The fourth-order valence-corrected chi connectivity index (χ4v) is 6.14. The van der Waals surface area contributed by atoms with Crippen molar-refractivity contribution in [2.24, 2.45) is 21.8 Å². The molecule has 48 heavy (non-hydrogen) atoms. The normalized spacial score (nSPS) is 18.8. The maximum absolute atomic E-state index is 13.2. The Morgan fingerprint density at radius 1 is 1.21 bits per heavy atom. The predicted molar refractivity (Wildman–Crippen MR) is 174 cm³/mol. The van der Waals surface area contributed by atoms with Gasteiger partial charge in [-0.15, -0.1) is 15.6 Å². The molecule has 1 atom stereocenters. The van der Waals surface area contributed by atoms with E-state index in [4.69, 9.17) is 35.5 Å². The van der Waals surface area contributed by atoms with E-state index in [-0.39, 0.29) is 36.2 Å². The van der Waals surface area contributed by atoms with Gasteiger partial charge in [0.15, 0.2) is 23.2 Å². The fraction of sp³-hybridized carbons (Fsp3) is 0.517. The number of Topliss-reactive ketones (excluding diaryl/α,β-unsaturated/α-hetero) is 1. The summed E-state index contributed by atoms with van der Waals surface area (Å²) < 4.78 is 42.2. The van der Waals surface area contributed by atoms with E-state index in [2.05, 4.69) is 26.5 Å². The quantitative estimate of drug-likeness (QED) is 0.0424. The van der Waals surface area contributed by atoms with Gasteiger partial charge in [-0.2, -0.15) is 13.5 Å². The second-order valence-electron chi connectivity index (χ2n) is 11.9. The summed E-state index contributed by atoms with van der Waals surface area (Å²) in [6, 6.07) is 7.20. The van der Waals surface area contributed by atoms with E-state index in [1.54, 1.807) is 12.1 Å². The van der Waals surface area contributed by atoms with Gasteiger partial charge in [-0.1, -0.05) is 5.16 Å². The molecule has 2 saturated heterocycles. The molecule has 264 valence electrons. The van der Waals surface area contributed by atoms with Crippen molar-refractivity contribution >= 4 is 56.1 Å². The summed E-state index contributed by atoms with van der Waals surface area (Å²) in [6.07, 6.45) is 2.18. The maximum atomic E-state index is 13.2. The van der Waals surface area contributed by atoms with Crippen molar-refractivity contribution in [2.45, 2.75) is 45.6 Å². The van der Waals surface area contributed by atoms with E-state index in [1.165, 1.54) is 45.2 Å². The van der Waals surface area contributed by atoms with Crippen molar-refractivity contribution in [3.8, 4) is 5.75 Å². The van der Waals surface area contributed by atoms with Gasteiger partial charge >= 0.3 is 10.4 Å². The number of carbonyl (C=O) groups is 3. The first kappa shape index (κ1) is 38.3. The average Bonchev–Trinajstić information content (AvgIpc) is 3.63. The van der Waals surface area contributed by atoms with E-state index in [9.17, 15) is 18.0 Å². The highest BCUT2D eigenvalue weighted by molar-refractivity contribution is 7.80. The Hall–Kier alpha value is -4.17. The predicted octanol–water partition coefficient (Wildman–Crippen LogP) is 0.158. The van der Waals surface area contributed by atoms with E-state index in [1.807, 2.05) is 12.1 Å². The molecule has 0 spiro atoms. The zero-order valence-corrected chi connectivity index (χ0v) is 28.8. The first-order valence-corrected chi connectivity index (χ1v) is 17.2. The highest BCUT2D eigenvalue weighted by atomic mass is 32.3. The van der Waals surface area contributed by atoms with E-state index in [0.29, 0.717) is 23.2 Å². The van der Waals surface area contributed by atoms with Crippen LogP contribution in [0.4, 0.5) is 5.13 Å². The number of aromatic nitrogens is 1. The number of amidine groups is 1. The van der Waals surface area contributed by atoms with Crippen LogP contribution >= 0.6 is 11.3 Å². The molecule has 0 saturated carbocycles. The molecule has 0 unspecified atom stereocenters. The zero-order chi connectivity index (χ0) is 35.7. The van der Waals surface area contributed by atoms with Crippen LogP contribution in [0, 0.1) is 5.92 Å². The maximum Gasteiger partial charge on any atom is 0.418 e. The Labute approximate surface area is 282 Å². The molecule has 5 N–H and O–H groups in total. The van der Waals surface area contributed by atoms with E-state index < -0.39 is 39.5 Å². The number of carboxylic acids is 1. The lowest BCUT2D eigenvalue weighted by molar-refractivity contribution is -0.896. The number of β-lactam (4-membered cyclic amide) rings is 1. The summed E-state index contributed by atoms with van der Waals surface area (Å²) >= 11 is 1.10. The zero-order valence-electron chi connectivity index (χ0n) is 27.2. The summed E-state index contributed by atoms with van der Waals surface area (Å²) in [7, 11) is -2.66. The van der Waals surface area contributed by atoms with Gasteiger partial charge in [0.2, 0.25) is 0 Å². The summed E-state index contributed by atoms with van der Waals surface area (Å²) in [5.74, 6) is -2.34. The number of nitrogens with zero attached hydrogens (tertiary/aromatic N) is 5. The largest absolute Gasteiger partial charge is 0.550 e. The van der Waals surface area contributed by atoms with Crippen molar-refractivity contribution in [1.82, 2.24) is 10.0 Å². The van der Waals surface area contributed by atoms with Crippen LogP contribution in [0.15, 0.2) is 39.8 Å². The highest BCUT2D eigenvalue weighted by Crippen LogP contribution is 2.40. The van der Waals surface area contributed by atoms with Gasteiger partial charge in [0.25, 0.3) is 5.91 Å². The minimum Gasteiger partial charge on any atom is -0.550 e. The van der Waals surface area contributed by atoms with Crippen molar-refractivity contribution in [1.29, 1.82) is 0 Å². The second kappa shape index (κ2) is 16.3. The highest BCUT2D eigenvalue weighted by Gasteiger charge is 2.57. The van der Waals surface area contributed by atoms with Gasteiger partial charge in [-0.05, 0) is 45.0 Å². The molecule has 2 aliphatic heterocycles. The SMILES string of the molecule is CC(=O)[O-].CC1(C)[C@H](CC(=O)/C(=N\OCCOc2ccc(C(N)=NCC[N+]3(C)CCCC3)cc2)c2csc(N)n2)C(=O)N1OS(=O)(=O)O. The summed E-state index contributed by atoms with van der Waals surface area (Å²) in [4.78, 5) is 48.5. The molecular weight excluding hydrogens is 670 g/mol. The molecule has 0 radical (unpaired) electrons. The number of rotatable bonds is 15. The van der Waals surface area contributed by atoms with Crippen molar-refractivity contribution in [2.75, 3.05) is 52.2 Å². The first-order valence-electron chi connectivity index (χ1n) is 14.9. The van der Waals surface area contributed by atoms with E-state index >= 15 is 0 Å². The number of amides is 1. The number of benzene rings is 1. The molecule has 2 aromatic rings. The Balaban J connectivity index is 0.00000148.